The second kappa shape index (κ2) is 6.67. The van der Waals surface area contributed by atoms with Gasteiger partial charge in [0.1, 0.15) is 5.75 Å². The van der Waals surface area contributed by atoms with Crippen molar-refractivity contribution in [2.45, 2.75) is 20.0 Å². The number of hydrogen-bond donors (Lipinski definition) is 1. The minimum atomic E-state index is -0.757. The van der Waals surface area contributed by atoms with E-state index in [1.54, 1.807) is 38.3 Å². The number of hydrogen-bond acceptors (Lipinski definition) is 4. The standard InChI is InChI=1S/C13H18O3S/c1-4-17-13(15)9(2)12(14)10-5-7-11(16-3)8-6-10/h5-9,12,14H,4H2,1-3H3/t9-,12+/m1/s1. The van der Waals surface area contributed by atoms with Crippen LogP contribution in [0.1, 0.15) is 25.5 Å². The van der Waals surface area contributed by atoms with Gasteiger partial charge >= 0.3 is 0 Å². The molecule has 2 atom stereocenters. The van der Waals surface area contributed by atoms with E-state index in [-0.39, 0.29) is 5.12 Å². The summed E-state index contributed by atoms with van der Waals surface area (Å²) in [5.74, 6) is 1.08. The van der Waals surface area contributed by atoms with Crippen molar-refractivity contribution in [3.63, 3.8) is 0 Å². The molecule has 1 aromatic rings. The molecule has 1 N–H and O–H groups in total. The van der Waals surface area contributed by atoms with Gasteiger partial charge in [-0.25, -0.2) is 0 Å². The van der Waals surface area contributed by atoms with Gasteiger partial charge in [-0.15, -0.1) is 0 Å². The van der Waals surface area contributed by atoms with Gasteiger partial charge in [0.25, 0.3) is 0 Å². The molecular formula is C13H18O3S. The fraction of sp³-hybridized carbons (Fsp3) is 0.462. The van der Waals surface area contributed by atoms with E-state index in [1.807, 2.05) is 6.92 Å². The molecule has 17 heavy (non-hydrogen) atoms. The Morgan fingerprint density at radius 2 is 2.00 bits per heavy atom. The summed E-state index contributed by atoms with van der Waals surface area (Å²) in [5, 5.41) is 10.1. The molecule has 1 rings (SSSR count). The number of thioether (sulfide) groups is 1. The van der Waals surface area contributed by atoms with Crippen molar-refractivity contribution in [2.24, 2.45) is 5.92 Å². The molecule has 0 unspecified atom stereocenters. The first kappa shape index (κ1) is 14.1. The summed E-state index contributed by atoms with van der Waals surface area (Å²) < 4.78 is 5.04. The van der Waals surface area contributed by atoms with Gasteiger partial charge in [0.15, 0.2) is 5.12 Å². The SMILES string of the molecule is CCSC(=O)[C@H](C)[C@H](O)c1ccc(OC)cc1. The minimum Gasteiger partial charge on any atom is -0.497 e. The summed E-state index contributed by atoms with van der Waals surface area (Å²) in [4.78, 5) is 11.7. The zero-order chi connectivity index (χ0) is 12.8. The minimum absolute atomic E-state index is 0.0239. The lowest BCUT2D eigenvalue weighted by atomic mass is 9.98. The van der Waals surface area contributed by atoms with Gasteiger partial charge in [-0.05, 0) is 23.4 Å². The van der Waals surface area contributed by atoms with Gasteiger partial charge in [-0.3, -0.25) is 4.79 Å². The molecule has 0 saturated heterocycles. The van der Waals surface area contributed by atoms with E-state index >= 15 is 0 Å². The quantitative estimate of drug-likeness (QED) is 0.877. The van der Waals surface area contributed by atoms with E-state index in [0.29, 0.717) is 0 Å². The average Bonchev–Trinajstić information content (AvgIpc) is 2.37. The van der Waals surface area contributed by atoms with Gasteiger partial charge < -0.3 is 9.84 Å². The Bertz CT molecular complexity index is 361. The van der Waals surface area contributed by atoms with Crippen molar-refractivity contribution in [1.82, 2.24) is 0 Å². The van der Waals surface area contributed by atoms with Crippen molar-refractivity contribution in [3.8, 4) is 5.75 Å². The summed E-state index contributed by atoms with van der Waals surface area (Å²) >= 11 is 1.25. The van der Waals surface area contributed by atoms with Crippen LogP contribution in [0.25, 0.3) is 0 Å². The van der Waals surface area contributed by atoms with Crippen molar-refractivity contribution in [2.75, 3.05) is 12.9 Å². The van der Waals surface area contributed by atoms with Gasteiger partial charge in [-0.2, -0.15) is 0 Å². The first-order chi connectivity index (χ1) is 8.10. The Kier molecular flexibility index (Phi) is 5.51. The Morgan fingerprint density at radius 3 is 2.47 bits per heavy atom. The molecule has 0 heterocycles. The van der Waals surface area contributed by atoms with Gasteiger partial charge in [0.2, 0.25) is 0 Å². The summed E-state index contributed by atoms with van der Waals surface area (Å²) in [5.41, 5.74) is 0.739. The number of carbonyl (C=O) groups excluding carboxylic acids is 1. The second-order valence-corrected chi connectivity index (χ2v) is 5.03. The highest BCUT2D eigenvalue weighted by Gasteiger charge is 2.23. The van der Waals surface area contributed by atoms with Crippen LogP contribution < -0.4 is 4.74 Å². The zero-order valence-corrected chi connectivity index (χ0v) is 11.2. The van der Waals surface area contributed by atoms with Crippen LogP contribution in [0.5, 0.6) is 5.75 Å². The zero-order valence-electron chi connectivity index (χ0n) is 10.3. The highest BCUT2D eigenvalue weighted by Crippen LogP contribution is 2.27. The van der Waals surface area contributed by atoms with Crippen molar-refractivity contribution in [3.05, 3.63) is 29.8 Å². The van der Waals surface area contributed by atoms with Crippen LogP contribution in [-0.4, -0.2) is 23.1 Å². The van der Waals surface area contributed by atoms with E-state index in [4.69, 9.17) is 4.74 Å². The number of rotatable bonds is 5. The molecule has 0 spiro atoms. The highest BCUT2D eigenvalue weighted by molar-refractivity contribution is 8.13. The summed E-state index contributed by atoms with van der Waals surface area (Å²) in [7, 11) is 1.59. The van der Waals surface area contributed by atoms with Crippen LogP contribution in [-0.2, 0) is 4.79 Å². The molecule has 0 aromatic heterocycles. The molecule has 0 aliphatic carbocycles. The molecule has 3 nitrogen and oxygen atoms in total. The lowest BCUT2D eigenvalue weighted by Crippen LogP contribution is -2.17. The topological polar surface area (TPSA) is 46.5 Å². The molecular weight excluding hydrogens is 236 g/mol. The van der Waals surface area contributed by atoms with E-state index < -0.39 is 12.0 Å². The average molecular weight is 254 g/mol. The number of ether oxygens (including phenoxy) is 1. The lowest BCUT2D eigenvalue weighted by Gasteiger charge is -2.17. The van der Waals surface area contributed by atoms with Gasteiger partial charge in [0, 0.05) is 0 Å². The van der Waals surface area contributed by atoms with Crippen molar-refractivity contribution >= 4 is 16.9 Å². The largest absolute Gasteiger partial charge is 0.497 e. The van der Waals surface area contributed by atoms with Crippen molar-refractivity contribution < 1.29 is 14.6 Å². The molecule has 0 radical (unpaired) electrons. The predicted octanol–water partition coefficient (Wildman–Crippen LogP) is 2.64. The number of aliphatic hydroxyl groups is 1. The molecule has 94 valence electrons. The van der Waals surface area contributed by atoms with Crippen molar-refractivity contribution in [1.29, 1.82) is 0 Å². The third-order valence-electron chi connectivity index (χ3n) is 2.59. The number of benzene rings is 1. The van der Waals surface area contributed by atoms with Gasteiger partial charge in [0.05, 0.1) is 19.1 Å². The first-order valence-corrected chi connectivity index (χ1v) is 6.57. The van der Waals surface area contributed by atoms with E-state index in [0.717, 1.165) is 17.1 Å². The third-order valence-corrected chi connectivity index (χ3v) is 3.53. The molecule has 0 saturated carbocycles. The Hall–Kier alpha value is -1.00. The lowest BCUT2D eigenvalue weighted by molar-refractivity contribution is -0.117. The molecule has 0 aliphatic rings. The molecule has 4 heteroatoms. The maximum atomic E-state index is 11.7. The van der Waals surface area contributed by atoms with E-state index in [1.165, 1.54) is 11.8 Å². The van der Waals surface area contributed by atoms with Crippen LogP contribution in [0, 0.1) is 5.92 Å². The second-order valence-electron chi connectivity index (χ2n) is 3.76. The van der Waals surface area contributed by atoms with Crippen LogP contribution in [0.15, 0.2) is 24.3 Å². The van der Waals surface area contributed by atoms with Crippen LogP contribution in [0.3, 0.4) is 0 Å². The fourth-order valence-electron chi connectivity index (χ4n) is 1.49. The molecule has 0 aliphatic heterocycles. The molecule has 0 bridgehead atoms. The molecule has 0 fully saturated rings. The predicted molar refractivity (Wildman–Crippen MR) is 70.3 cm³/mol. The Morgan fingerprint density at radius 1 is 1.41 bits per heavy atom. The highest BCUT2D eigenvalue weighted by atomic mass is 32.2. The van der Waals surface area contributed by atoms with E-state index in [2.05, 4.69) is 0 Å². The fourth-order valence-corrected chi connectivity index (χ4v) is 2.17. The molecule has 1 aromatic carbocycles. The normalized spacial score (nSPS) is 14.1. The summed E-state index contributed by atoms with van der Waals surface area (Å²) in [6.07, 6.45) is -0.757. The van der Waals surface area contributed by atoms with E-state index in [9.17, 15) is 9.90 Å². The van der Waals surface area contributed by atoms with Gasteiger partial charge in [-0.1, -0.05) is 37.7 Å². The summed E-state index contributed by atoms with van der Waals surface area (Å²) in [6.45, 7) is 3.68. The molecule has 0 amide bonds. The number of carbonyl (C=O) groups is 1. The maximum Gasteiger partial charge on any atom is 0.194 e. The third kappa shape index (κ3) is 3.75. The van der Waals surface area contributed by atoms with Crippen LogP contribution >= 0.6 is 11.8 Å². The first-order valence-electron chi connectivity index (χ1n) is 5.58. The smallest absolute Gasteiger partial charge is 0.194 e. The summed E-state index contributed by atoms with van der Waals surface area (Å²) in [6, 6.07) is 7.12. The Balaban J connectivity index is 2.73. The monoisotopic (exact) mass is 254 g/mol. The Labute approximate surface area is 106 Å². The maximum absolute atomic E-state index is 11.7. The number of aliphatic hydroxyl groups excluding tert-OH is 1. The number of methoxy groups -OCH3 is 1. The van der Waals surface area contributed by atoms with Crippen LogP contribution in [0.4, 0.5) is 0 Å². The van der Waals surface area contributed by atoms with Crippen LogP contribution in [0.2, 0.25) is 0 Å².